The van der Waals surface area contributed by atoms with Crippen LogP contribution < -0.4 is 16.0 Å². The number of aromatic nitrogens is 3. The van der Waals surface area contributed by atoms with Gasteiger partial charge >= 0.3 is 5.97 Å². The molecule has 5 rings (SSSR count). The largest absolute Gasteiger partial charge is 0.466 e. The van der Waals surface area contributed by atoms with Crippen LogP contribution in [-0.4, -0.2) is 51.7 Å². The lowest BCUT2D eigenvalue weighted by molar-refractivity contribution is -0.143. The summed E-state index contributed by atoms with van der Waals surface area (Å²) in [5, 5.41) is 13.6. The van der Waals surface area contributed by atoms with Crippen LogP contribution in [0.2, 0.25) is 0 Å². The van der Waals surface area contributed by atoms with Gasteiger partial charge in [-0.2, -0.15) is 5.10 Å². The maximum absolute atomic E-state index is 15.9. The minimum atomic E-state index is -1.13. The lowest BCUT2D eigenvalue weighted by Crippen LogP contribution is -2.48. The highest BCUT2D eigenvalue weighted by molar-refractivity contribution is 5.96. The molecule has 0 bridgehead atoms. The third-order valence-electron chi connectivity index (χ3n) is 8.70. The van der Waals surface area contributed by atoms with Gasteiger partial charge in [0.15, 0.2) is 5.82 Å². The van der Waals surface area contributed by atoms with Gasteiger partial charge in [-0.3, -0.25) is 14.4 Å². The molecule has 3 heterocycles. The SMILES string of the molecule is CCOC(=O)C[C@H](NC(=O)[C@H](CC(C)C)NC(=O)c1cccc(-n2cc3c(n2)CCNC3)n1)c1cc(-c2c(C)cc(F)cc2C)cc(C)c1F. The summed E-state index contributed by atoms with van der Waals surface area (Å²) < 4.78 is 36.9. The predicted molar refractivity (Wildman–Crippen MR) is 186 cm³/mol. The average molecular weight is 687 g/mol. The van der Waals surface area contributed by atoms with Crippen LogP contribution >= 0.6 is 0 Å². The van der Waals surface area contributed by atoms with Crippen LogP contribution in [0, 0.1) is 38.3 Å². The Labute approximate surface area is 291 Å². The number of benzene rings is 2. The number of nitrogens with one attached hydrogen (secondary N) is 3. The van der Waals surface area contributed by atoms with Crippen molar-refractivity contribution in [1.29, 1.82) is 0 Å². The maximum Gasteiger partial charge on any atom is 0.308 e. The Morgan fingerprint density at radius 1 is 1.02 bits per heavy atom. The topological polar surface area (TPSA) is 127 Å². The van der Waals surface area contributed by atoms with Gasteiger partial charge in [0.2, 0.25) is 5.91 Å². The van der Waals surface area contributed by atoms with Crippen LogP contribution in [0.4, 0.5) is 8.78 Å². The number of aryl methyl sites for hydroxylation is 3. The summed E-state index contributed by atoms with van der Waals surface area (Å²) >= 11 is 0. The summed E-state index contributed by atoms with van der Waals surface area (Å²) in [5.74, 6) is -2.32. The first kappa shape index (κ1) is 36.3. The van der Waals surface area contributed by atoms with E-state index in [1.165, 1.54) is 12.1 Å². The van der Waals surface area contributed by atoms with Crippen LogP contribution in [0.1, 0.15) is 83.7 Å². The molecule has 2 aromatic carbocycles. The quantitative estimate of drug-likeness (QED) is 0.162. The number of hydrogen-bond acceptors (Lipinski definition) is 7. The Morgan fingerprint density at radius 2 is 1.76 bits per heavy atom. The molecule has 0 radical (unpaired) electrons. The summed E-state index contributed by atoms with van der Waals surface area (Å²) in [6.45, 7) is 12.3. The van der Waals surface area contributed by atoms with Gasteiger partial charge < -0.3 is 20.7 Å². The van der Waals surface area contributed by atoms with Crippen molar-refractivity contribution in [3.05, 3.63) is 99.5 Å². The normalized spacial score (nSPS) is 13.8. The molecule has 4 aromatic rings. The van der Waals surface area contributed by atoms with Crippen molar-refractivity contribution in [1.82, 2.24) is 30.7 Å². The molecule has 0 spiro atoms. The smallest absolute Gasteiger partial charge is 0.308 e. The number of carbonyl (C=O) groups excluding carboxylic acids is 3. The molecule has 1 aliphatic rings. The molecule has 2 aromatic heterocycles. The summed E-state index contributed by atoms with van der Waals surface area (Å²) in [4.78, 5) is 44.9. The van der Waals surface area contributed by atoms with Gasteiger partial charge in [-0.25, -0.2) is 18.4 Å². The summed E-state index contributed by atoms with van der Waals surface area (Å²) in [6, 6.07) is 8.89. The van der Waals surface area contributed by atoms with Crippen molar-refractivity contribution in [2.45, 2.75) is 79.4 Å². The second-order valence-corrected chi connectivity index (χ2v) is 13.2. The first-order valence-corrected chi connectivity index (χ1v) is 16.9. The lowest BCUT2D eigenvalue weighted by Gasteiger charge is -2.26. The molecule has 12 heteroatoms. The first-order chi connectivity index (χ1) is 23.8. The summed E-state index contributed by atoms with van der Waals surface area (Å²) in [6.07, 6.45) is 2.59. The second kappa shape index (κ2) is 15.7. The summed E-state index contributed by atoms with van der Waals surface area (Å²) in [5.41, 5.74) is 5.16. The lowest BCUT2D eigenvalue weighted by atomic mass is 9.90. The highest BCUT2D eigenvalue weighted by Gasteiger charge is 2.30. The molecule has 1 aliphatic heterocycles. The van der Waals surface area contributed by atoms with E-state index in [0.717, 1.165) is 29.8 Å². The molecule has 2 atom stereocenters. The van der Waals surface area contributed by atoms with Gasteiger partial charge in [0.25, 0.3) is 5.91 Å². The third-order valence-corrected chi connectivity index (χ3v) is 8.70. The summed E-state index contributed by atoms with van der Waals surface area (Å²) in [7, 11) is 0. The second-order valence-electron chi connectivity index (χ2n) is 13.2. The number of esters is 1. The first-order valence-electron chi connectivity index (χ1n) is 16.9. The number of amides is 2. The van der Waals surface area contributed by atoms with Gasteiger partial charge in [0.1, 0.15) is 23.4 Å². The van der Waals surface area contributed by atoms with Gasteiger partial charge in [-0.1, -0.05) is 19.9 Å². The molecule has 0 fully saturated rings. The van der Waals surface area contributed by atoms with Gasteiger partial charge in [0, 0.05) is 36.8 Å². The van der Waals surface area contributed by atoms with Crippen LogP contribution in [0.25, 0.3) is 16.9 Å². The van der Waals surface area contributed by atoms with Crippen molar-refractivity contribution in [3.63, 3.8) is 0 Å². The van der Waals surface area contributed by atoms with E-state index in [0.29, 0.717) is 29.1 Å². The Balaban J connectivity index is 1.44. The van der Waals surface area contributed by atoms with Gasteiger partial charge in [-0.15, -0.1) is 0 Å². The number of hydrogen-bond donors (Lipinski definition) is 3. The molecular formula is C38H44F2N6O4. The molecule has 0 unspecified atom stereocenters. The third kappa shape index (κ3) is 8.42. The van der Waals surface area contributed by atoms with E-state index in [4.69, 9.17) is 4.74 Å². The highest BCUT2D eigenvalue weighted by atomic mass is 19.1. The molecule has 10 nitrogen and oxygen atoms in total. The molecule has 0 saturated heterocycles. The highest BCUT2D eigenvalue weighted by Crippen LogP contribution is 2.34. The molecule has 0 aliphatic carbocycles. The van der Waals surface area contributed by atoms with E-state index in [1.807, 2.05) is 20.0 Å². The van der Waals surface area contributed by atoms with E-state index in [-0.39, 0.29) is 48.0 Å². The zero-order chi connectivity index (χ0) is 36.1. The minimum Gasteiger partial charge on any atom is -0.466 e. The minimum absolute atomic E-state index is 0.00964. The molecule has 3 N–H and O–H groups in total. The number of ether oxygens (including phenoxy) is 1. The van der Waals surface area contributed by atoms with E-state index in [9.17, 15) is 18.8 Å². The van der Waals surface area contributed by atoms with Crippen molar-refractivity contribution < 1.29 is 27.9 Å². The number of fused-ring (bicyclic) bond motifs is 1. The molecule has 264 valence electrons. The predicted octanol–water partition coefficient (Wildman–Crippen LogP) is 5.74. The Kier molecular flexibility index (Phi) is 11.4. The van der Waals surface area contributed by atoms with Gasteiger partial charge in [0.05, 0.1) is 24.8 Å². The fraction of sp³-hybridized carbons (Fsp3) is 0.395. The Morgan fingerprint density at radius 3 is 2.44 bits per heavy atom. The van der Waals surface area contributed by atoms with Crippen molar-refractivity contribution in [3.8, 4) is 16.9 Å². The van der Waals surface area contributed by atoms with Crippen LogP contribution in [0.15, 0.2) is 48.7 Å². The van der Waals surface area contributed by atoms with Crippen LogP contribution in [-0.2, 0) is 27.3 Å². The molecule has 50 heavy (non-hydrogen) atoms. The molecule has 0 saturated carbocycles. The number of pyridine rings is 1. The number of rotatable bonds is 12. The van der Waals surface area contributed by atoms with Crippen LogP contribution in [0.5, 0.6) is 0 Å². The van der Waals surface area contributed by atoms with E-state index in [2.05, 4.69) is 26.0 Å². The van der Waals surface area contributed by atoms with Crippen molar-refractivity contribution in [2.24, 2.45) is 5.92 Å². The average Bonchev–Trinajstić information content (AvgIpc) is 3.50. The zero-order valence-electron chi connectivity index (χ0n) is 29.3. The van der Waals surface area contributed by atoms with Crippen molar-refractivity contribution >= 4 is 17.8 Å². The molecular weight excluding hydrogens is 642 g/mol. The fourth-order valence-corrected chi connectivity index (χ4v) is 6.42. The van der Waals surface area contributed by atoms with E-state index in [1.54, 1.807) is 62.7 Å². The van der Waals surface area contributed by atoms with E-state index >= 15 is 4.39 Å². The maximum atomic E-state index is 15.9. The van der Waals surface area contributed by atoms with Gasteiger partial charge in [-0.05, 0) is 104 Å². The zero-order valence-corrected chi connectivity index (χ0v) is 29.3. The number of nitrogens with zero attached hydrogens (tertiary/aromatic N) is 3. The van der Waals surface area contributed by atoms with Crippen molar-refractivity contribution in [2.75, 3.05) is 13.2 Å². The fourth-order valence-electron chi connectivity index (χ4n) is 6.42. The molecule has 2 amide bonds. The number of halogens is 2. The Bertz CT molecular complexity index is 1860. The van der Waals surface area contributed by atoms with E-state index < -0.39 is 35.7 Å². The Hall–Kier alpha value is -4.97. The number of carbonyl (C=O) groups is 3. The standard InChI is InChI=1S/C38H44F2N6O4/c1-7-50-34(47)18-31(28-17-25(14-24(6)36(28)40)35-22(4)15-27(39)16-23(35)5)43-38(49)32(13-21(2)3)44-37(48)30-9-8-10-33(42-30)46-20-26-19-41-12-11-29(26)45-46/h8-10,14-17,20-21,31-32,41H,7,11-13,18-19H2,1-6H3,(H,43,49)(H,44,48)/t31-,32-/m0/s1. The van der Waals surface area contributed by atoms with Crippen LogP contribution in [0.3, 0.4) is 0 Å². The monoisotopic (exact) mass is 686 g/mol.